The highest BCUT2D eigenvalue weighted by atomic mass is 32.1. The number of furan rings is 1. The van der Waals surface area contributed by atoms with Crippen LogP contribution in [-0.4, -0.2) is 0 Å². The predicted octanol–water partition coefficient (Wildman–Crippen LogP) is 13.4. The average Bonchev–Trinajstić information content (AvgIpc) is 3.70. The highest BCUT2D eigenvalue weighted by Crippen LogP contribution is 2.46. The summed E-state index contributed by atoms with van der Waals surface area (Å²) in [6, 6.07) is 59.2. The maximum Gasteiger partial charge on any atom is 0.136 e. The van der Waals surface area contributed by atoms with Crippen molar-refractivity contribution in [2.75, 3.05) is 4.90 Å². The van der Waals surface area contributed by atoms with E-state index in [4.69, 9.17) is 4.42 Å². The van der Waals surface area contributed by atoms with E-state index in [9.17, 15) is 0 Å². The zero-order valence-electron chi connectivity index (χ0n) is 25.4. The van der Waals surface area contributed by atoms with Crippen molar-refractivity contribution in [3.05, 3.63) is 164 Å². The first kappa shape index (κ1) is 26.3. The fourth-order valence-corrected chi connectivity index (χ4v) is 8.35. The average molecular weight is 618 g/mol. The van der Waals surface area contributed by atoms with Gasteiger partial charge in [0, 0.05) is 42.3 Å². The summed E-state index contributed by atoms with van der Waals surface area (Å²) in [6.07, 6.45) is 0. The summed E-state index contributed by atoms with van der Waals surface area (Å²) in [6.45, 7) is 0. The molecule has 220 valence electrons. The molecule has 0 saturated carbocycles. The van der Waals surface area contributed by atoms with Gasteiger partial charge in [0.2, 0.25) is 0 Å². The molecular formula is C44H27NOS. The topological polar surface area (TPSA) is 16.4 Å². The van der Waals surface area contributed by atoms with Gasteiger partial charge < -0.3 is 9.32 Å². The Labute approximate surface area is 275 Å². The van der Waals surface area contributed by atoms with E-state index in [-0.39, 0.29) is 0 Å². The van der Waals surface area contributed by atoms with Gasteiger partial charge in [0.25, 0.3) is 0 Å². The Morgan fingerprint density at radius 3 is 2.04 bits per heavy atom. The Morgan fingerprint density at radius 1 is 0.404 bits per heavy atom. The molecule has 0 aliphatic heterocycles. The first-order chi connectivity index (χ1) is 23.3. The van der Waals surface area contributed by atoms with Crippen LogP contribution in [0.1, 0.15) is 0 Å². The van der Waals surface area contributed by atoms with Gasteiger partial charge in [0.1, 0.15) is 11.2 Å². The molecule has 0 atom stereocenters. The van der Waals surface area contributed by atoms with Crippen molar-refractivity contribution in [2.24, 2.45) is 0 Å². The van der Waals surface area contributed by atoms with Gasteiger partial charge in [0.05, 0.1) is 5.69 Å². The molecule has 0 aliphatic carbocycles. The molecule has 10 rings (SSSR count). The lowest BCUT2D eigenvalue weighted by atomic mass is 9.98. The molecule has 2 nitrogen and oxygen atoms in total. The van der Waals surface area contributed by atoms with Crippen LogP contribution < -0.4 is 4.90 Å². The van der Waals surface area contributed by atoms with Crippen LogP contribution in [0.15, 0.2) is 168 Å². The van der Waals surface area contributed by atoms with Crippen LogP contribution in [0, 0.1) is 0 Å². The van der Waals surface area contributed by atoms with E-state index < -0.39 is 0 Å². The van der Waals surface area contributed by atoms with E-state index in [1.807, 2.05) is 23.5 Å². The van der Waals surface area contributed by atoms with Crippen LogP contribution in [0.5, 0.6) is 0 Å². The Kier molecular flexibility index (Phi) is 5.78. The number of anilines is 3. The second-order valence-corrected chi connectivity index (χ2v) is 13.2. The summed E-state index contributed by atoms with van der Waals surface area (Å²) in [5.74, 6) is 0. The van der Waals surface area contributed by atoms with Gasteiger partial charge in [0.15, 0.2) is 0 Å². The highest BCUT2D eigenvalue weighted by molar-refractivity contribution is 7.26. The van der Waals surface area contributed by atoms with Crippen molar-refractivity contribution < 1.29 is 4.42 Å². The third-order valence-corrected chi connectivity index (χ3v) is 10.5. The SMILES string of the molecule is c1ccc(-c2cccc(N(c3ccc4ccc5cc6oc7ccccc7c6cc5c4c3)c3cccc4sc5ccccc5c34)c2)cc1. The van der Waals surface area contributed by atoms with Gasteiger partial charge in [-0.15, -0.1) is 11.3 Å². The third kappa shape index (κ3) is 4.17. The van der Waals surface area contributed by atoms with E-state index in [1.54, 1.807) is 0 Å². The van der Waals surface area contributed by atoms with Gasteiger partial charge in [-0.25, -0.2) is 0 Å². The Bertz CT molecular complexity index is 2810. The number of rotatable bonds is 4. The van der Waals surface area contributed by atoms with Crippen molar-refractivity contribution in [1.29, 1.82) is 0 Å². The molecule has 8 aromatic carbocycles. The molecule has 2 heterocycles. The fourth-order valence-electron chi connectivity index (χ4n) is 7.22. The molecule has 0 radical (unpaired) electrons. The molecule has 10 aromatic rings. The number of nitrogens with zero attached hydrogens (tertiary/aromatic N) is 1. The van der Waals surface area contributed by atoms with E-state index in [2.05, 4.69) is 157 Å². The van der Waals surface area contributed by atoms with Crippen LogP contribution >= 0.6 is 11.3 Å². The second-order valence-electron chi connectivity index (χ2n) is 12.1. The van der Waals surface area contributed by atoms with Crippen molar-refractivity contribution in [2.45, 2.75) is 0 Å². The largest absolute Gasteiger partial charge is 0.456 e. The fraction of sp³-hybridized carbons (Fsp3) is 0. The van der Waals surface area contributed by atoms with Gasteiger partial charge in [-0.1, -0.05) is 103 Å². The van der Waals surface area contributed by atoms with E-state index in [0.717, 1.165) is 33.3 Å². The number of benzene rings is 8. The number of hydrogen-bond donors (Lipinski definition) is 0. The number of fused-ring (bicyclic) bond motifs is 9. The maximum absolute atomic E-state index is 6.26. The number of hydrogen-bond acceptors (Lipinski definition) is 3. The van der Waals surface area contributed by atoms with E-state index in [0.29, 0.717) is 0 Å². The zero-order chi connectivity index (χ0) is 30.9. The first-order valence-electron chi connectivity index (χ1n) is 15.9. The van der Waals surface area contributed by atoms with Gasteiger partial charge >= 0.3 is 0 Å². The molecule has 0 unspecified atom stereocenters. The zero-order valence-corrected chi connectivity index (χ0v) is 26.2. The summed E-state index contributed by atoms with van der Waals surface area (Å²) < 4.78 is 8.84. The predicted molar refractivity (Wildman–Crippen MR) is 202 cm³/mol. The molecule has 2 aromatic heterocycles. The Balaban J connectivity index is 1.26. The first-order valence-corrected chi connectivity index (χ1v) is 16.7. The van der Waals surface area contributed by atoms with Crippen LogP contribution in [0.3, 0.4) is 0 Å². The molecule has 0 N–H and O–H groups in total. The minimum Gasteiger partial charge on any atom is -0.456 e. The van der Waals surface area contributed by atoms with Gasteiger partial charge in [-0.05, 0) is 93.3 Å². The minimum atomic E-state index is 0.920. The summed E-state index contributed by atoms with van der Waals surface area (Å²) in [7, 11) is 0. The van der Waals surface area contributed by atoms with Crippen LogP contribution in [0.4, 0.5) is 17.1 Å². The van der Waals surface area contributed by atoms with E-state index in [1.165, 1.54) is 58.5 Å². The molecular weight excluding hydrogens is 591 g/mol. The van der Waals surface area contributed by atoms with Crippen LogP contribution in [-0.2, 0) is 0 Å². The maximum atomic E-state index is 6.26. The molecule has 0 spiro atoms. The van der Waals surface area contributed by atoms with Crippen molar-refractivity contribution in [3.8, 4) is 11.1 Å². The lowest BCUT2D eigenvalue weighted by molar-refractivity contribution is 0.669. The van der Waals surface area contributed by atoms with Crippen molar-refractivity contribution in [1.82, 2.24) is 0 Å². The normalized spacial score (nSPS) is 11.8. The van der Waals surface area contributed by atoms with Gasteiger partial charge in [-0.2, -0.15) is 0 Å². The summed E-state index contributed by atoms with van der Waals surface area (Å²) in [5, 5.41) is 9.69. The highest BCUT2D eigenvalue weighted by Gasteiger charge is 2.20. The van der Waals surface area contributed by atoms with Crippen LogP contribution in [0.25, 0.3) is 74.8 Å². The van der Waals surface area contributed by atoms with Crippen molar-refractivity contribution in [3.63, 3.8) is 0 Å². The molecule has 0 amide bonds. The molecule has 0 fully saturated rings. The van der Waals surface area contributed by atoms with Crippen molar-refractivity contribution >= 4 is 92.1 Å². The van der Waals surface area contributed by atoms with E-state index >= 15 is 0 Å². The van der Waals surface area contributed by atoms with Gasteiger partial charge in [-0.3, -0.25) is 0 Å². The second kappa shape index (κ2) is 10.3. The monoisotopic (exact) mass is 617 g/mol. The Hall–Kier alpha value is -5.90. The molecule has 47 heavy (non-hydrogen) atoms. The number of thiophene rings is 1. The number of para-hydroxylation sites is 1. The summed E-state index contributed by atoms with van der Waals surface area (Å²) >= 11 is 1.86. The minimum absolute atomic E-state index is 0.920. The van der Waals surface area contributed by atoms with Crippen LogP contribution in [0.2, 0.25) is 0 Å². The lowest BCUT2D eigenvalue weighted by Crippen LogP contribution is -2.10. The summed E-state index contributed by atoms with van der Waals surface area (Å²) in [4.78, 5) is 2.44. The standard InChI is InChI=1S/C44H27NOS/c1-2-10-28(11-3-1)30-12-8-13-32(24-30)45(39-16-9-19-43-44(39)35-15-5-7-18-42(35)47-43)33-23-22-29-20-21-31-25-41-38(27-37(31)36(29)26-33)34-14-4-6-17-40(34)46-41/h1-27H. The lowest BCUT2D eigenvalue weighted by Gasteiger charge is -2.27. The molecule has 0 saturated heterocycles. The molecule has 0 bridgehead atoms. The third-order valence-electron chi connectivity index (χ3n) is 9.41. The quantitative estimate of drug-likeness (QED) is 0.183. The smallest absolute Gasteiger partial charge is 0.136 e. The Morgan fingerprint density at radius 2 is 1.11 bits per heavy atom. The summed E-state index contributed by atoms with van der Waals surface area (Å²) in [5.41, 5.74) is 7.65. The molecule has 3 heteroatoms. The molecule has 0 aliphatic rings.